The van der Waals surface area contributed by atoms with Gasteiger partial charge in [-0.3, -0.25) is 19.2 Å². The second-order valence-corrected chi connectivity index (χ2v) is 8.61. The Balaban J connectivity index is 2.92. The van der Waals surface area contributed by atoms with Gasteiger partial charge in [-0.25, -0.2) is 4.79 Å². The van der Waals surface area contributed by atoms with Crippen molar-refractivity contribution in [2.75, 3.05) is 12.0 Å². The number of nitrogens with one attached hydrogen (secondary N) is 3. The van der Waals surface area contributed by atoms with E-state index >= 15 is 0 Å². The molecule has 34 heavy (non-hydrogen) atoms. The minimum absolute atomic E-state index is 0.0111. The number of rotatable bonds is 14. The van der Waals surface area contributed by atoms with Crippen LogP contribution in [0.5, 0.6) is 5.75 Å². The summed E-state index contributed by atoms with van der Waals surface area (Å²) < 4.78 is 0. The Bertz CT molecular complexity index is 881. The number of carbonyl (C=O) groups excluding carboxylic acids is 4. The molecule has 0 bridgehead atoms. The van der Waals surface area contributed by atoms with Gasteiger partial charge in [0.25, 0.3) is 0 Å². The predicted octanol–water partition coefficient (Wildman–Crippen LogP) is -1.55. The molecular weight excluding hydrogens is 466 g/mol. The molecule has 1 rings (SSSR count). The van der Waals surface area contributed by atoms with Crippen LogP contribution in [0.1, 0.15) is 25.3 Å². The first-order valence-electron chi connectivity index (χ1n) is 10.4. The van der Waals surface area contributed by atoms with Crippen LogP contribution in [0.15, 0.2) is 24.3 Å². The molecule has 1 aromatic rings. The molecule has 4 unspecified atom stereocenters. The number of aliphatic carboxylic acids is 1. The average molecular weight is 498 g/mol. The van der Waals surface area contributed by atoms with Crippen molar-refractivity contribution in [3.8, 4) is 5.75 Å². The Morgan fingerprint density at radius 3 is 2.09 bits per heavy atom. The highest BCUT2D eigenvalue weighted by Gasteiger charge is 2.28. The Kier molecular flexibility index (Phi) is 11.9. The first-order chi connectivity index (χ1) is 15.9. The van der Waals surface area contributed by atoms with Crippen LogP contribution in [0, 0.1) is 0 Å². The second-order valence-electron chi connectivity index (χ2n) is 7.62. The molecule has 4 atom stereocenters. The van der Waals surface area contributed by atoms with Crippen LogP contribution in [-0.4, -0.2) is 76.0 Å². The standard InChI is InChI=1S/C21H31N5O7S/c1-11(18(29)25-15(21(32)33)7-8-34-2)24-20(31)16(9-12-3-5-13(27)6-4-12)26-19(30)14(22)10-17(23)28/h3-6,11,14-16,27H,7-10,22H2,1-2H3,(H2,23,28)(H,24,31)(H,25,29)(H,26,30)(H,32,33). The lowest BCUT2D eigenvalue weighted by molar-refractivity contribution is -0.142. The van der Waals surface area contributed by atoms with Crippen LogP contribution in [0.4, 0.5) is 0 Å². The van der Waals surface area contributed by atoms with E-state index in [9.17, 15) is 34.2 Å². The third-order valence-electron chi connectivity index (χ3n) is 4.74. The molecule has 0 saturated heterocycles. The molecule has 13 heteroatoms. The lowest BCUT2D eigenvalue weighted by Crippen LogP contribution is -2.57. The van der Waals surface area contributed by atoms with Gasteiger partial charge in [0, 0.05) is 6.42 Å². The highest BCUT2D eigenvalue weighted by atomic mass is 32.2. The Hall–Kier alpha value is -3.32. The predicted molar refractivity (Wildman–Crippen MR) is 126 cm³/mol. The molecule has 12 nitrogen and oxygen atoms in total. The van der Waals surface area contributed by atoms with Gasteiger partial charge in [-0.15, -0.1) is 0 Å². The summed E-state index contributed by atoms with van der Waals surface area (Å²) in [4.78, 5) is 60.1. The normalized spacial score (nSPS) is 14.2. The Labute approximate surface area is 201 Å². The maximum absolute atomic E-state index is 12.9. The van der Waals surface area contributed by atoms with E-state index in [4.69, 9.17) is 11.5 Å². The first-order valence-corrected chi connectivity index (χ1v) is 11.8. The molecule has 188 valence electrons. The number of primary amides is 1. The quantitative estimate of drug-likeness (QED) is 0.158. The van der Waals surface area contributed by atoms with E-state index in [2.05, 4.69) is 16.0 Å². The summed E-state index contributed by atoms with van der Waals surface area (Å²) in [6.07, 6.45) is 1.58. The van der Waals surface area contributed by atoms with Gasteiger partial charge >= 0.3 is 5.97 Å². The Morgan fingerprint density at radius 1 is 0.971 bits per heavy atom. The second kappa shape index (κ2) is 14.1. The molecule has 0 aliphatic carbocycles. The van der Waals surface area contributed by atoms with Gasteiger partial charge in [0.2, 0.25) is 23.6 Å². The van der Waals surface area contributed by atoms with Crippen molar-refractivity contribution in [2.24, 2.45) is 11.5 Å². The van der Waals surface area contributed by atoms with Crippen molar-refractivity contribution in [1.82, 2.24) is 16.0 Å². The SMILES string of the molecule is CSCCC(NC(=O)C(C)NC(=O)C(Cc1ccc(O)cc1)NC(=O)C(N)CC(N)=O)C(=O)O. The molecule has 9 N–H and O–H groups in total. The van der Waals surface area contributed by atoms with Crippen LogP contribution in [0.3, 0.4) is 0 Å². The molecule has 0 aliphatic heterocycles. The topological polar surface area (TPSA) is 214 Å². The number of nitrogens with two attached hydrogens (primary N) is 2. The van der Waals surface area contributed by atoms with E-state index in [0.29, 0.717) is 11.3 Å². The maximum atomic E-state index is 12.9. The fourth-order valence-electron chi connectivity index (χ4n) is 2.83. The minimum Gasteiger partial charge on any atom is -0.508 e. The monoisotopic (exact) mass is 497 g/mol. The van der Waals surface area contributed by atoms with Crippen molar-refractivity contribution < 1.29 is 34.2 Å². The van der Waals surface area contributed by atoms with Crippen LogP contribution >= 0.6 is 11.8 Å². The summed E-state index contributed by atoms with van der Waals surface area (Å²) in [7, 11) is 0. The zero-order valence-electron chi connectivity index (χ0n) is 18.9. The van der Waals surface area contributed by atoms with Gasteiger partial charge in [-0.05, 0) is 43.0 Å². The van der Waals surface area contributed by atoms with E-state index in [1.54, 1.807) is 18.4 Å². The number of carboxylic acid groups (broad SMARTS) is 1. The van der Waals surface area contributed by atoms with Crippen molar-refractivity contribution in [2.45, 2.75) is 50.4 Å². The number of hydrogen-bond acceptors (Lipinski definition) is 8. The highest BCUT2D eigenvalue weighted by Crippen LogP contribution is 2.12. The van der Waals surface area contributed by atoms with E-state index in [1.165, 1.54) is 30.8 Å². The molecular formula is C21H31N5O7S. The van der Waals surface area contributed by atoms with E-state index in [0.717, 1.165) is 0 Å². The van der Waals surface area contributed by atoms with Gasteiger partial charge in [0.15, 0.2) is 0 Å². The summed E-state index contributed by atoms with van der Waals surface area (Å²) in [5.74, 6) is -3.68. The minimum atomic E-state index is -1.28. The molecule has 0 aromatic heterocycles. The molecule has 0 heterocycles. The van der Waals surface area contributed by atoms with Gasteiger partial charge < -0.3 is 37.6 Å². The fraction of sp³-hybridized carbons (Fsp3) is 0.476. The summed E-state index contributed by atoms with van der Waals surface area (Å²) in [5.41, 5.74) is 11.3. The molecule has 1 aromatic carbocycles. The first kappa shape index (κ1) is 28.7. The number of carbonyl (C=O) groups is 5. The smallest absolute Gasteiger partial charge is 0.326 e. The molecule has 0 aliphatic rings. The van der Waals surface area contributed by atoms with Crippen LogP contribution in [-0.2, 0) is 30.4 Å². The summed E-state index contributed by atoms with van der Waals surface area (Å²) >= 11 is 1.43. The molecule has 0 fully saturated rings. The van der Waals surface area contributed by atoms with E-state index in [-0.39, 0.29) is 18.6 Å². The lowest BCUT2D eigenvalue weighted by Gasteiger charge is -2.23. The van der Waals surface area contributed by atoms with Crippen molar-refractivity contribution in [3.63, 3.8) is 0 Å². The molecule has 0 radical (unpaired) electrons. The van der Waals surface area contributed by atoms with Crippen LogP contribution in [0.2, 0.25) is 0 Å². The molecule has 0 saturated carbocycles. The van der Waals surface area contributed by atoms with Crippen molar-refractivity contribution in [3.05, 3.63) is 29.8 Å². The number of benzene rings is 1. The zero-order valence-corrected chi connectivity index (χ0v) is 19.8. The van der Waals surface area contributed by atoms with Crippen LogP contribution < -0.4 is 27.4 Å². The fourth-order valence-corrected chi connectivity index (χ4v) is 3.31. The third kappa shape index (κ3) is 10.1. The largest absolute Gasteiger partial charge is 0.508 e. The van der Waals surface area contributed by atoms with Crippen molar-refractivity contribution in [1.29, 1.82) is 0 Å². The molecule has 4 amide bonds. The van der Waals surface area contributed by atoms with Crippen molar-refractivity contribution >= 4 is 41.4 Å². The summed E-state index contributed by atoms with van der Waals surface area (Å²) in [6, 6.07) is 1.22. The van der Waals surface area contributed by atoms with Gasteiger partial charge in [0.05, 0.1) is 12.5 Å². The highest BCUT2D eigenvalue weighted by molar-refractivity contribution is 7.98. The lowest BCUT2D eigenvalue weighted by atomic mass is 10.0. The summed E-state index contributed by atoms with van der Waals surface area (Å²) in [6.45, 7) is 1.37. The summed E-state index contributed by atoms with van der Waals surface area (Å²) in [5, 5.41) is 26.0. The number of carboxylic acids is 1. The third-order valence-corrected chi connectivity index (χ3v) is 5.39. The number of phenols is 1. The number of hydrogen-bond donors (Lipinski definition) is 7. The van der Waals surface area contributed by atoms with E-state index < -0.39 is 60.2 Å². The number of aromatic hydroxyl groups is 1. The average Bonchev–Trinajstić information content (AvgIpc) is 2.76. The van der Waals surface area contributed by atoms with Crippen LogP contribution in [0.25, 0.3) is 0 Å². The Morgan fingerprint density at radius 2 is 1.56 bits per heavy atom. The zero-order chi connectivity index (χ0) is 25.8. The van der Waals surface area contributed by atoms with Gasteiger partial charge in [0.1, 0.15) is 23.9 Å². The van der Waals surface area contributed by atoms with E-state index in [1.807, 2.05) is 0 Å². The number of thioether (sulfide) groups is 1. The number of phenolic OH excluding ortho intramolecular Hbond substituents is 1. The number of amides is 4. The van der Waals surface area contributed by atoms with Gasteiger partial charge in [-0.1, -0.05) is 12.1 Å². The van der Waals surface area contributed by atoms with Gasteiger partial charge in [-0.2, -0.15) is 11.8 Å². The molecule has 0 spiro atoms. The maximum Gasteiger partial charge on any atom is 0.326 e.